The number of aryl methyl sites for hydroxylation is 1. The third-order valence-corrected chi connectivity index (χ3v) is 6.65. The average molecular weight is 445 g/mol. The summed E-state index contributed by atoms with van der Waals surface area (Å²) >= 11 is 0. The average Bonchev–Trinajstić information content (AvgIpc) is 2.80. The molecule has 0 radical (unpaired) electrons. The molecule has 164 valence electrons. The van der Waals surface area contributed by atoms with E-state index in [1.165, 1.54) is 35.7 Å². The molecule has 0 unspecified atom stereocenters. The summed E-state index contributed by atoms with van der Waals surface area (Å²) in [6, 6.07) is 11.3. The van der Waals surface area contributed by atoms with Gasteiger partial charge in [-0.05, 0) is 42.7 Å². The number of rotatable bonds is 8. The second-order valence-corrected chi connectivity index (χ2v) is 8.67. The van der Waals surface area contributed by atoms with Crippen molar-refractivity contribution in [3.05, 3.63) is 66.2 Å². The molecule has 8 nitrogen and oxygen atoms in total. The molecular weight excluding hydrogens is 420 g/mol. The number of nitrogens with one attached hydrogen (secondary N) is 1. The van der Waals surface area contributed by atoms with E-state index in [0.29, 0.717) is 18.7 Å². The van der Waals surface area contributed by atoms with E-state index in [4.69, 9.17) is 9.47 Å². The molecule has 0 aliphatic carbocycles. The van der Waals surface area contributed by atoms with Crippen molar-refractivity contribution in [3.8, 4) is 5.75 Å². The fraction of sp³-hybridized carbons (Fsp3) is 0.273. The van der Waals surface area contributed by atoms with Crippen molar-refractivity contribution in [3.63, 3.8) is 0 Å². The molecule has 31 heavy (non-hydrogen) atoms. The number of ether oxygens (including phenoxy) is 2. The third kappa shape index (κ3) is 4.88. The van der Waals surface area contributed by atoms with Gasteiger partial charge < -0.3 is 14.8 Å². The maximum Gasteiger partial charge on any atom is 0.338 e. The van der Waals surface area contributed by atoms with Gasteiger partial charge in [-0.1, -0.05) is 24.3 Å². The molecule has 0 saturated carbocycles. The van der Waals surface area contributed by atoms with Crippen LogP contribution in [0.2, 0.25) is 0 Å². The summed E-state index contributed by atoms with van der Waals surface area (Å²) in [5.74, 6) is -1.19. The van der Waals surface area contributed by atoms with E-state index in [-0.39, 0.29) is 22.8 Å². The number of hydrogen-bond donors (Lipinski definition) is 1. The van der Waals surface area contributed by atoms with Crippen LogP contribution in [0.4, 0.5) is 5.69 Å². The zero-order valence-electron chi connectivity index (χ0n) is 17.2. The summed E-state index contributed by atoms with van der Waals surface area (Å²) < 4.78 is 38.6. The Morgan fingerprint density at radius 2 is 2.00 bits per heavy atom. The lowest BCUT2D eigenvalue weighted by Crippen LogP contribution is -2.35. The molecule has 9 heteroatoms. The minimum absolute atomic E-state index is 0.00110. The Balaban J connectivity index is 1.90. The molecule has 1 heterocycles. The molecule has 0 saturated heterocycles. The largest absolute Gasteiger partial charge is 0.495 e. The molecule has 2 aromatic rings. The molecule has 3 rings (SSSR count). The zero-order chi connectivity index (χ0) is 22.4. The lowest BCUT2D eigenvalue weighted by Gasteiger charge is -2.30. The maximum atomic E-state index is 13.5. The van der Waals surface area contributed by atoms with Gasteiger partial charge in [-0.15, -0.1) is 6.58 Å². The maximum absolute atomic E-state index is 13.5. The van der Waals surface area contributed by atoms with Crippen molar-refractivity contribution in [2.45, 2.75) is 17.7 Å². The van der Waals surface area contributed by atoms with Crippen LogP contribution in [0.15, 0.2) is 60.0 Å². The van der Waals surface area contributed by atoms with Crippen molar-refractivity contribution in [1.82, 2.24) is 5.32 Å². The number of amides is 1. The summed E-state index contributed by atoms with van der Waals surface area (Å²) in [4.78, 5) is 23.9. The topological polar surface area (TPSA) is 102 Å². The van der Waals surface area contributed by atoms with Gasteiger partial charge in [0, 0.05) is 13.1 Å². The normalized spacial score (nSPS) is 13.1. The Kier molecular flexibility index (Phi) is 6.96. The minimum Gasteiger partial charge on any atom is -0.495 e. The SMILES string of the molecule is C=CCNC(=O)COC(=O)c1ccc(OC)c(S(=O)(=O)N2CCCc3ccccc32)c1. The van der Waals surface area contributed by atoms with Crippen LogP contribution in [0.5, 0.6) is 5.75 Å². The first-order valence-corrected chi connectivity index (χ1v) is 11.2. The first-order chi connectivity index (χ1) is 14.9. The van der Waals surface area contributed by atoms with Gasteiger partial charge in [0.15, 0.2) is 6.61 Å². The molecule has 0 bridgehead atoms. The number of benzene rings is 2. The highest BCUT2D eigenvalue weighted by Gasteiger charge is 2.32. The number of fused-ring (bicyclic) bond motifs is 1. The van der Waals surface area contributed by atoms with Crippen molar-refractivity contribution in [2.24, 2.45) is 0 Å². The molecule has 0 atom stereocenters. The van der Waals surface area contributed by atoms with Crippen LogP contribution < -0.4 is 14.4 Å². The van der Waals surface area contributed by atoms with Crippen LogP contribution >= 0.6 is 0 Å². The smallest absolute Gasteiger partial charge is 0.338 e. The van der Waals surface area contributed by atoms with Crippen molar-refractivity contribution in [2.75, 3.05) is 31.1 Å². The van der Waals surface area contributed by atoms with E-state index >= 15 is 0 Å². The number of anilines is 1. The molecule has 1 aliphatic heterocycles. The van der Waals surface area contributed by atoms with Crippen LogP contribution in [0, 0.1) is 0 Å². The van der Waals surface area contributed by atoms with Crippen molar-refractivity contribution >= 4 is 27.6 Å². The summed E-state index contributed by atoms with van der Waals surface area (Å²) in [5, 5.41) is 2.49. The quantitative estimate of drug-likeness (QED) is 0.495. The molecule has 2 aromatic carbocycles. The predicted octanol–water partition coefficient (Wildman–Crippen LogP) is 2.30. The Morgan fingerprint density at radius 3 is 2.74 bits per heavy atom. The van der Waals surface area contributed by atoms with Crippen molar-refractivity contribution < 1.29 is 27.5 Å². The van der Waals surface area contributed by atoms with Gasteiger partial charge in [-0.25, -0.2) is 13.2 Å². The fourth-order valence-corrected chi connectivity index (χ4v) is 5.05. The number of methoxy groups -OCH3 is 1. The summed E-state index contributed by atoms with van der Waals surface area (Å²) in [6.45, 7) is 3.56. The molecule has 1 N–H and O–H groups in total. The number of carbonyl (C=O) groups excluding carboxylic acids is 2. The molecule has 0 fully saturated rings. The van der Waals surface area contributed by atoms with Gasteiger partial charge in [0.05, 0.1) is 18.4 Å². The lowest BCUT2D eigenvalue weighted by molar-refractivity contribution is -0.124. The Labute approximate surface area is 181 Å². The standard InChI is InChI=1S/C22H24N2O6S/c1-3-12-23-21(25)15-30-22(26)17-10-11-19(29-2)20(14-17)31(27,28)24-13-6-8-16-7-4-5-9-18(16)24/h3-5,7,9-11,14H,1,6,8,12-13,15H2,2H3,(H,23,25). The van der Waals surface area contributed by atoms with Gasteiger partial charge in [-0.3, -0.25) is 9.10 Å². The van der Waals surface area contributed by atoms with Gasteiger partial charge in [0.2, 0.25) is 0 Å². The van der Waals surface area contributed by atoms with Gasteiger partial charge >= 0.3 is 5.97 Å². The van der Waals surface area contributed by atoms with Crippen LogP contribution in [-0.4, -0.2) is 47.1 Å². The van der Waals surface area contributed by atoms with E-state index in [0.717, 1.165) is 12.0 Å². The van der Waals surface area contributed by atoms with E-state index in [9.17, 15) is 18.0 Å². The Hall–Kier alpha value is -3.33. The van der Waals surface area contributed by atoms with E-state index in [2.05, 4.69) is 11.9 Å². The van der Waals surface area contributed by atoms with Crippen LogP contribution in [0.1, 0.15) is 22.3 Å². The fourth-order valence-electron chi connectivity index (χ4n) is 3.32. The highest BCUT2D eigenvalue weighted by molar-refractivity contribution is 7.93. The Morgan fingerprint density at radius 1 is 1.23 bits per heavy atom. The van der Waals surface area contributed by atoms with Crippen LogP contribution in [-0.2, 0) is 26.0 Å². The zero-order valence-corrected chi connectivity index (χ0v) is 18.0. The third-order valence-electron chi connectivity index (χ3n) is 4.81. The molecule has 0 spiro atoms. The number of nitrogens with zero attached hydrogens (tertiary/aromatic N) is 1. The molecular formula is C22H24N2O6S. The minimum atomic E-state index is -4.01. The predicted molar refractivity (Wildman–Crippen MR) is 116 cm³/mol. The van der Waals surface area contributed by atoms with E-state index in [1.807, 2.05) is 12.1 Å². The highest BCUT2D eigenvalue weighted by Crippen LogP contribution is 2.35. The van der Waals surface area contributed by atoms with Crippen LogP contribution in [0.25, 0.3) is 0 Å². The number of sulfonamides is 1. The second kappa shape index (κ2) is 9.65. The van der Waals surface area contributed by atoms with E-state index in [1.54, 1.807) is 12.1 Å². The second-order valence-electron chi connectivity index (χ2n) is 6.84. The van der Waals surface area contributed by atoms with Crippen molar-refractivity contribution in [1.29, 1.82) is 0 Å². The molecule has 0 aromatic heterocycles. The summed E-state index contributed by atoms with van der Waals surface area (Å²) in [6.07, 6.45) is 2.97. The number of para-hydroxylation sites is 1. The Bertz CT molecular complexity index is 1100. The number of carbonyl (C=O) groups is 2. The highest BCUT2D eigenvalue weighted by atomic mass is 32.2. The monoisotopic (exact) mass is 444 g/mol. The van der Waals surface area contributed by atoms with Crippen LogP contribution in [0.3, 0.4) is 0 Å². The molecule has 1 aliphatic rings. The lowest BCUT2D eigenvalue weighted by atomic mass is 10.0. The number of esters is 1. The van der Waals surface area contributed by atoms with E-state index < -0.39 is 28.5 Å². The van der Waals surface area contributed by atoms with Gasteiger partial charge in [0.25, 0.3) is 15.9 Å². The van der Waals surface area contributed by atoms with Gasteiger partial charge in [-0.2, -0.15) is 0 Å². The van der Waals surface area contributed by atoms with Gasteiger partial charge in [0.1, 0.15) is 10.6 Å². The summed E-state index contributed by atoms with van der Waals surface area (Å²) in [5.41, 5.74) is 1.56. The first-order valence-electron chi connectivity index (χ1n) is 9.72. The first kappa shape index (κ1) is 22.4. The number of hydrogen-bond acceptors (Lipinski definition) is 6. The summed E-state index contributed by atoms with van der Waals surface area (Å²) in [7, 11) is -2.65. The molecule has 1 amide bonds.